The molecule has 2 N–H and O–H groups in total. The summed E-state index contributed by atoms with van der Waals surface area (Å²) >= 11 is 0. The molecule has 5 heteroatoms. The molecule has 0 fully saturated rings. The molecule has 0 radical (unpaired) electrons. The summed E-state index contributed by atoms with van der Waals surface area (Å²) in [6.07, 6.45) is 2.07. The van der Waals surface area contributed by atoms with E-state index in [-0.39, 0.29) is 11.5 Å². The van der Waals surface area contributed by atoms with Crippen molar-refractivity contribution in [1.29, 1.82) is 0 Å². The van der Waals surface area contributed by atoms with Gasteiger partial charge >= 0.3 is 0 Å². The van der Waals surface area contributed by atoms with Gasteiger partial charge in [-0.3, -0.25) is 0 Å². The Bertz CT molecular complexity index is 638. The molecule has 0 spiro atoms. The fraction of sp³-hybridized carbons (Fsp3) is 0.600. The smallest absolute Gasteiger partial charge is 0.223 e. The van der Waals surface area contributed by atoms with Crippen molar-refractivity contribution in [1.82, 2.24) is 14.7 Å². The average molecular weight is 274 g/mol. The van der Waals surface area contributed by atoms with Gasteiger partial charge in [0.05, 0.1) is 6.54 Å². The van der Waals surface area contributed by atoms with Gasteiger partial charge in [-0.25, -0.2) is 0 Å². The first-order chi connectivity index (χ1) is 9.35. The van der Waals surface area contributed by atoms with Crippen LogP contribution >= 0.6 is 0 Å². The van der Waals surface area contributed by atoms with Crippen molar-refractivity contribution >= 4 is 0 Å². The zero-order valence-corrected chi connectivity index (χ0v) is 12.6. The van der Waals surface area contributed by atoms with Crippen LogP contribution in [0.5, 0.6) is 0 Å². The summed E-state index contributed by atoms with van der Waals surface area (Å²) in [5, 5.41) is 4.00. The fourth-order valence-electron chi connectivity index (χ4n) is 3.27. The molecule has 20 heavy (non-hydrogen) atoms. The van der Waals surface area contributed by atoms with E-state index < -0.39 is 0 Å². The van der Waals surface area contributed by atoms with Crippen molar-refractivity contribution in [2.24, 2.45) is 11.1 Å². The standard InChI is InChI=1S/C15H22N4O/c1-9-5-11-12(16)6-15(3,4)7-13(11)19(9)8-14-17-10(2)20-18-14/h5,12H,6-8,16H2,1-4H3. The predicted molar refractivity (Wildman–Crippen MR) is 76.3 cm³/mol. The first-order valence-electron chi connectivity index (χ1n) is 7.09. The van der Waals surface area contributed by atoms with Gasteiger partial charge in [0.15, 0.2) is 5.82 Å². The lowest BCUT2D eigenvalue weighted by Crippen LogP contribution is -2.30. The molecular weight excluding hydrogens is 252 g/mol. The number of hydrogen-bond acceptors (Lipinski definition) is 4. The van der Waals surface area contributed by atoms with Crippen molar-refractivity contribution in [3.63, 3.8) is 0 Å². The van der Waals surface area contributed by atoms with Gasteiger partial charge in [0.1, 0.15) is 0 Å². The molecule has 2 aromatic heterocycles. The second-order valence-electron chi connectivity index (χ2n) is 6.66. The third-order valence-corrected chi connectivity index (χ3v) is 4.14. The van der Waals surface area contributed by atoms with Crippen molar-refractivity contribution < 1.29 is 4.52 Å². The molecule has 5 nitrogen and oxygen atoms in total. The topological polar surface area (TPSA) is 69.9 Å². The highest BCUT2D eigenvalue weighted by Gasteiger charge is 2.33. The molecule has 1 aliphatic rings. The van der Waals surface area contributed by atoms with Crippen LogP contribution in [0.15, 0.2) is 10.6 Å². The highest BCUT2D eigenvalue weighted by Crippen LogP contribution is 2.40. The minimum atomic E-state index is 0.126. The van der Waals surface area contributed by atoms with E-state index in [0.717, 1.165) is 18.7 Å². The second-order valence-corrected chi connectivity index (χ2v) is 6.66. The number of nitrogens with zero attached hydrogens (tertiary/aromatic N) is 3. The molecule has 3 rings (SSSR count). The van der Waals surface area contributed by atoms with Crippen LogP contribution in [0.1, 0.15) is 55.0 Å². The monoisotopic (exact) mass is 274 g/mol. The third-order valence-electron chi connectivity index (χ3n) is 4.14. The maximum absolute atomic E-state index is 6.34. The average Bonchev–Trinajstić information content (AvgIpc) is 2.86. The Morgan fingerprint density at radius 1 is 1.45 bits per heavy atom. The van der Waals surface area contributed by atoms with Crippen molar-refractivity contribution in [2.75, 3.05) is 0 Å². The molecule has 0 saturated carbocycles. The predicted octanol–water partition coefficient (Wildman–Crippen LogP) is 2.51. The van der Waals surface area contributed by atoms with E-state index in [1.54, 1.807) is 0 Å². The van der Waals surface area contributed by atoms with Crippen molar-refractivity contribution in [2.45, 2.75) is 53.1 Å². The Labute approximate surface area is 119 Å². The molecule has 0 amide bonds. The van der Waals surface area contributed by atoms with Gasteiger partial charge in [-0.05, 0) is 36.8 Å². The van der Waals surface area contributed by atoms with E-state index in [1.165, 1.54) is 17.0 Å². The SMILES string of the molecule is Cc1nc(Cn2c(C)cc3c2CC(C)(C)CC3N)no1. The van der Waals surface area contributed by atoms with Crippen LogP contribution in [-0.2, 0) is 13.0 Å². The minimum absolute atomic E-state index is 0.126. The van der Waals surface area contributed by atoms with Crippen molar-refractivity contribution in [3.8, 4) is 0 Å². The number of rotatable bonds is 2. The summed E-state index contributed by atoms with van der Waals surface area (Å²) in [5.41, 5.74) is 10.4. The second kappa shape index (κ2) is 4.45. The number of fused-ring (bicyclic) bond motifs is 1. The lowest BCUT2D eigenvalue weighted by molar-refractivity contribution is 0.275. The number of nitrogens with two attached hydrogens (primary N) is 1. The number of hydrogen-bond donors (Lipinski definition) is 1. The molecule has 1 unspecified atom stereocenters. The van der Waals surface area contributed by atoms with Gasteiger partial charge in [-0.2, -0.15) is 4.98 Å². The van der Waals surface area contributed by atoms with Gasteiger partial charge in [0.2, 0.25) is 5.89 Å². The first kappa shape index (κ1) is 13.4. The highest BCUT2D eigenvalue weighted by molar-refractivity contribution is 5.34. The highest BCUT2D eigenvalue weighted by atomic mass is 16.5. The van der Waals surface area contributed by atoms with Gasteiger partial charge in [-0.1, -0.05) is 19.0 Å². The van der Waals surface area contributed by atoms with Crippen LogP contribution < -0.4 is 5.73 Å². The normalized spacial score (nSPS) is 20.9. The van der Waals surface area contributed by atoms with Crippen LogP contribution in [0.2, 0.25) is 0 Å². The molecular formula is C15H22N4O. The Hall–Kier alpha value is -1.62. The van der Waals surface area contributed by atoms with E-state index in [2.05, 4.69) is 41.5 Å². The van der Waals surface area contributed by atoms with Gasteiger partial charge in [0.25, 0.3) is 0 Å². The minimum Gasteiger partial charge on any atom is -0.341 e. The zero-order chi connectivity index (χ0) is 14.5. The molecule has 0 aromatic carbocycles. The van der Waals surface area contributed by atoms with E-state index >= 15 is 0 Å². The molecule has 0 bridgehead atoms. The summed E-state index contributed by atoms with van der Waals surface area (Å²) in [6, 6.07) is 2.34. The van der Waals surface area contributed by atoms with E-state index in [0.29, 0.717) is 12.4 Å². The third kappa shape index (κ3) is 2.26. The molecule has 0 aliphatic heterocycles. The Balaban J connectivity index is 2.00. The first-order valence-corrected chi connectivity index (χ1v) is 7.09. The molecule has 2 aromatic rings. The lowest BCUT2D eigenvalue weighted by atomic mass is 9.74. The van der Waals surface area contributed by atoms with Crippen LogP contribution in [-0.4, -0.2) is 14.7 Å². The maximum atomic E-state index is 6.34. The molecule has 2 heterocycles. The Kier molecular flexibility index (Phi) is 2.97. The summed E-state index contributed by atoms with van der Waals surface area (Å²) < 4.78 is 7.34. The Morgan fingerprint density at radius 3 is 2.85 bits per heavy atom. The molecule has 1 aliphatic carbocycles. The molecule has 0 saturated heterocycles. The number of aromatic nitrogens is 3. The summed E-state index contributed by atoms with van der Waals surface area (Å²) in [5.74, 6) is 1.33. The fourth-order valence-corrected chi connectivity index (χ4v) is 3.27. The number of aryl methyl sites for hydroxylation is 2. The van der Waals surface area contributed by atoms with Gasteiger partial charge in [0, 0.05) is 24.4 Å². The lowest BCUT2D eigenvalue weighted by Gasteiger charge is -2.34. The van der Waals surface area contributed by atoms with E-state index in [4.69, 9.17) is 10.3 Å². The largest absolute Gasteiger partial charge is 0.341 e. The summed E-state index contributed by atoms with van der Waals surface area (Å²) in [6.45, 7) is 9.14. The van der Waals surface area contributed by atoms with Gasteiger partial charge < -0.3 is 14.8 Å². The van der Waals surface area contributed by atoms with Crippen LogP contribution in [0, 0.1) is 19.3 Å². The van der Waals surface area contributed by atoms with E-state index in [9.17, 15) is 0 Å². The van der Waals surface area contributed by atoms with E-state index in [1.807, 2.05) is 6.92 Å². The summed E-state index contributed by atoms with van der Waals surface area (Å²) in [4.78, 5) is 4.30. The Morgan fingerprint density at radius 2 is 2.20 bits per heavy atom. The van der Waals surface area contributed by atoms with Crippen LogP contribution in [0.4, 0.5) is 0 Å². The molecule has 1 atom stereocenters. The quantitative estimate of drug-likeness (QED) is 0.913. The van der Waals surface area contributed by atoms with Gasteiger partial charge in [-0.15, -0.1) is 0 Å². The molecule has 108 valence electrons. The maximum Gasteiger partial charge on any atom is 0.223 e. The summed E-state index contributed by atoms with van der Waals surface area (Å²) in [7, 11) is 0. The zero-order valence-electron chi connectivity index (χ0n) is 12.6. The van der Waals surface area contributed by atoms with Crippen LogP contribution in [0.25, 0.3) is 0 Å². The van der Waals surface area contributed by atoms with Crippen LogP contribution in [0.3, 0.4) is 0 Å². The van der Waals surface area contributed by atoms with Crippen molar-refractivity contribution in [3.05, 3.63) is 34.7 Å².